The fraction of sp³-hybridized carbons (Fsp3) is 0.600. The van der Waals surface area contributed by atoms with Crippen molar-refractivity contribution in [2.24, 2.45) is 5.73 Å². The van der Waals surface area contributed by atoms with Crippen molar-refractivity contribution in [2.75, 3.05) is 6.61 Å². The van der Waals surface area contributed by atoms with Gasteiger partial charge >= 0.3 is 0 Å². The number of nitrogens with one attached hydrogen (secondary N) is 1. The number of aryl methyl sites for hydroxylation is 1. The monoisotopic (exact) mass is 288 g/mol. The number of aromatic amines is 1. The molecule has 2 aliphatic heterocycles. The lowest BCUT2D eigenvalue weighted by Crippen LogP contribution is -2.41. The molecule has 0 unspecified atom stereocenters. The molecule has 0 bridgehead atoms. The van der Waals surface area contributed by atoms with Gasteiger partial charge in [-0.15, -0.1) is 5.10 Å². The van der Waals surface area contributed by atoms with E-state index >= 15 is 0 Å². The average Bonchev–Trinajstić information content (AvgIpc) is 3.02. The number of nitrogens with zero attached hydrogens (tertiary/aromatic N) is 2. The summed E-state index contributed by atoms with van der Waals surface area (Å²) in [6.45, 7) is 4.75. The van der Waals surface area contributed by atoms with E-state index in [4.69, 9.17) is 15.2 Å². The number of nitriles is 1. The van der Waals surface area contributed by atoms with Crippen LogP contribution < -0.4 is 10.5 Å². The highest BCUT2D eigenvalue weighted by Crippen LogP contribution is 2.51. The summed E-state index contributed by atoms with van der Waals surface area (Å²) < 4.78 is 11.3. The van der Waals surface area contributed by atoms with E-state index in [9.17, 15) is 5.26 Å². The van der Waals surface area contributed by atoms with Crippen molar-refractivity contribution in [3.63, 3.8) is 0 Å². The Bertz CT molecular complexity index is 628. The molecule has 3 rings (SSSR count). The van der Waals surface area contributed by atoms with Crippen LogP contribution in [-0.4, -0.2) is 22.9 Å². The molecule has 21 heavy (non-hydrogen) atoms. The molecular formula is C15H20N4O2. The van der Waals surface area contributed by atoms with Crippen molar-refractivity contribution in [1.82, 2.24) is 10.2 Å². The molecule has 2 atom stereocenters. The number of hydrogen-bond donors (Lipinski definition) is 2. The number of ether oxygens (including phenoxy) is 2. The van der Waals surface area contributed by atoms with E-state index in [2.05, 4.69) is 23.2 Å². The fourth-order valence-electron chi connectivity index (χ4n) is 3.48. The predicted octanol–water partition coefficient (Wildman–Crippen LogP) is 1.89. The SMILES string of the molecule is CCCCc1[nH]nc2c1[C@]1(CCO[C@H]1C)C(C#N)=C(N)O2. The number of aromatic nitrogens is 2. The summed E-state index contributed by atoms with van der Waals surface area (Å²) in [5, 5.41) is 16.9. The molecule has 112 valence electrons. The zero-order valence-corrected chi connectivity index (χ0v) is 12.4. The first-order valence-corrected chi connectivity index (χ1v) is 7.42. The minimum absolute atomic E-state index is 0.119. The first-order valence-electron chi connectivity index (χ1n) is 7.42. The highest BCUT2D eigenvalue weighted by atomic mass is 16.5. The lowest BCUT2D eigenvalue weighted by molar-refractivity contribution is 0.0996. The lowest BCUT2D eigenvalue weighted by Gasteiger charge is -2.35. The average molecular weight is 288 g/mol. The summed E-state index contributed by atoms with van der Waals surface area (Å²) >= 11 is 0. The highest BCUT2D eigenvalue weighted by Gasteiger charge is 2.54. The maximum atomic E-state index is 9.58. The molecule has 3 heterocycles. The highest BCUT2D eigenvalue weighted by molar-refractivity contribution is 5.56. The van der Waals surface area contributed by atoms with E-state index in [1.54, 1.807) is 0 Å². The number of fused-ring (bicyclic) bond motifs is 2. The van der Waals surface area contributed by atoms with Crippen molar-refractivity contribution in [3.05, 3.63) is 22.7 Å². The topological polar surface area (TPSA) is 97.0 Å². The molecular weight excluding hydrogens is 268 g/mol. The van der Waals surface area contributed by atoms with Crippen molar-refractivity contribution >= 4 is 0 Å². The van der Waals surface area contributed by atoms with Crippen molar-refractivity contribution in [1.29, 1.82) is 5.26 Å². The van der Waals surface area contributed by atoms with Crippen LogP contribution in [0.15, 0.2) is 11.5 Å². The van der Waals surface area contributed by atoms with Gasteiger partial charge in [0.2, 0.25) is 11.8 Å². The largest absolute Gasteiger partial charge is 0.420 e. The second-order valence-corrected chi connectivity index (χ2v) is 5.67. The van der Waals surface area contributed by atoms with Gasteiger partial charge in [-0.2, -0.15) is 5.26 Å². The number of nitrogens with two attached hydrogens (primary N) is 1. The summed E-state index contributed by atoms with van der Waals surface area (Å²) in [6.07, 6.45) is 3.64. The number of unbranched alkanes of at least 4 members (excludes halogenated alkanes) is 1. The maximum absolute atomic E-state index is 9.58. The van der Waals surface area contributed by atoms with E-state index in [1.165, 1.54) is 0 Å². The fourth-order valence-corrected chi connectivity index (χ4v) is 3.48. The van der Waals surface area contributed by atoms with Crippen LogP contribution in [0.4, 0.5) is 0 Å². The van der Waals surface area contributed by atoms with E-state index in [0.717, 1.165) is 36.9 Å². The second kappa shape index (κ2) is 5.08. The molecule has 6 nitrogen and oxygen atoms in total. The number of H-pyrrole nitrogens is 1. The Labute approximate surface area is 123 Å². The van der Waals surface area contributed by atoms with Crippen LogP contribution in [0, 0.1) is 11.3 Å². The van der Waals surface area contributed by atoms with E-state index in [1.807, 2.05) is 6.92 Å². The van der Waals surface area contributed by atoms with Gasteiger partial charge < -0.3 is 15.2 Å². The van der Waals surface area contributed by atoms with Crippen LogP contribution in [0.3, 0.4) is 0 Å². The molecule has 1 aromatic rings. The van der Waals surface area contributed by atoms with Crippen molar-refractivity contribution in [3.8, 4) is 11.9 Å². The Morgan fingerprint density at radius 1 is 1.57 bits per heavy atom. The summed E-state index contributed by atoms with van der Waals surface area (Å²) in [5.74, 6) is 0.644. The first-order chi connectivity index (χ1) is 10.1. The first kappa shape index (κ1) is 14.0. The van der Waals surface area contributed by atoms with Crippen LogP contribution in [-0.2, 0) is 16.6 Å². The van der Waals surface area contributed by atoms with E-state index < -0.39 is 5.41 Å². The van der Waals surface area contributed by atoms with Crippen LogP contribution in [0.1, 0.15) is 44.4 Å². The standard InChI is InChI=1S/C15H20N4O2/c1-3-4-5-11-12-14(19-18-11)21-13(17)10(8-16)15(12)6-7-20-9(15)2/h9H,3-7,17H2,1-2H3,(H,18,19)/t9-,15-/m0/s1. The molecule has 0 radical (unpaired) electrons. The smallest absolute Gasteiger partial charge is 0.244 e. The van der Waals surface area contributed by atoms with E-state index in [0.29, 0.717) is 18.1 Å². The summed E-state index contributed by atoms with van der Waals surface area (Å²) in [4.78, 5) is 0. The molecule has 1 spiro atoms. The third-order valence-electron chi connectivity index (χ3n) is 4.60. The Kier molecular flexibility index (Phi) is 3.38. The third-order valence-corrected chi connectivity index (χ3v) is 4.60. The normalized spacial score (nSPS) is 27.6. The summed E-state index contributed by atoms with van der Waals surface area (Å²) in [6, 6.07) is 2.24. The minimum Gasteiger partial charge on any atom is -0.420 e. The molecule has 1 fully saturated rings. The van der Waals surface area contributed by atoms with Gasteiger partial charge in [0.05, 0.1) is 17.1 Å². The molecule has 0 saturated carbocycles. The molecule has 1 saturated heterocycles. The predicted molar refractivity (Wildman–Crippen MR) is 76.4 cm³/mol. The molecule has 6 heteroatoms. The Balaban J connectivity index is 2.17. The van der Waals surface area contributed by atoms with Gasteiger partial charge in [-0.1, -0.05) is 13.3 Å². The molecule has 3 N–H and O–H groups in total. The quantitative estimate of drug-likeness (QED) is 0.885. The number of hydrogen-bond acceptors (Lipinski definition) is 5. The van der Waals surface area contributed by atoms with Gasteiger partial charge in [0.25, 0.3) is 0 Å². The van der Waals surface area contributed by atoms with Crippen molar-refractivity contribution < 1.29 is 9.47 Å². The zero-order valence-electron chi connectivity index (χ0n) is 12.4. The summed E-state index contributed by atoms with van der Waals surface area (Å²) in [5.41, 5.74) is 7.90. The van der Waals surface area contributed by atoms with Gasteiger partial charge in [-0.3, -0.25) is 5.10 Å². The molecule has 0 amide bonds. The van der Waals surface area contributed by atoms with Crippen LogP contribution in [0.25, 0.3) is 0 Å². The Hall–Kier alpha value is -2.00. The van der Waals surface area contributed by atoms with Crippen LogP contribution >= 0.6 is 0 Å². The van der Waals surface area contributed by atoms with Gasteiger partial charge in [0.1, 0.15) is 11.6 Å². The molecule has 1 aromatic heterocycles. The second-order valence-electron chi connectivity index (χ2n) is 5.67. The van der Waals surface area contributed by atoms with Gasteiger partial charge in [-0.25, -0.2) is 0 Å². The van der Waals surface area contributed by atoms with Crippen LogP contribution in [0.2, 0.25) is 0 Å². The molecule has 2 aliphatic rings. The zero-order chi connectivity index (χ0) is 15.0. The Morgan fingerprint density at radius 3 is 3.00 bits per heavy atom. The molecule has 0 aliphatic carbocycles. The maximum Gasteiger partial charge on any atom is 0.244 e. The molecule has 0 aromatic carbocycles. The van der Waals surface area contributed by atoms with Crippen molar-refractivity contribution in [2.45, 2.75) is 51.0 Å². The lowest BCUT2D eigenvalue weighted by atomic mass is 9.68. The van der Waals surface area contributed by atoms with Crippen LogP contribution in [0.5, 0.6) is 5.88 Å². The van der Waals surface area contributed by atoms with E-state index in [-0.39, 0.29) is 12.0 Å². The van der Waals surface area contributed by atoms with Gasteiger partial charge in [-0.05, 0) is 26.2 Å². The Morgan fingerprint density at radius 2 is 2.38 bits per heavy atom. The third kappa shape index (κ3) is 1.84. The van der Waals surface area contributed by atoms with Gasteiger partial charge in [0, 0.05) is 12.3 Å². The number of rotatable bonds is 3. The summed E-state index contributed by atoms with van der Waals surface area (Å²) in [7, 11) is 0. The minimum atomic E-state index is -0.525. The van der Waals surface area contributed by atoms with Gasteiger partial charge in [0.15, 0.2) is 0 Å².